The van der Waals surface area contributed by atoms with Crippen molar-refractivity contribution in [2.24, 2.45) is 0 Å². The third kappa shape index (κ3) is 4.05. The molecule has 1 aromatic heterocycles. The van der Waals surface area contributed by atoms with E-state index in [0.29, 0.717) is 5.69 Å². The Balaban J connectivity index is 1.34. The normalized spacial score (nSPS) is 15.3. The second-order valence-corrected chi connectivity index (χ2v) is 7.74. The third-order valence-corrected chi connectivity index (χ3v) is 5.69. The van der Waals surface area contributed by atoms with E-state index in [1.807, 2.05) is 41.0 Å². The van der Waals surface area contributed by atoms with Crippen molar-refractivity contribution in [1.82, 2.24) is 14.5 Å². The first-order valence-electron chi connectivity index (χ1n) is 9.81. The first-order valence-corrected chi connectivity index (χ1v) is 10.2. The molecule has 4 rings (SSSR count). The van der Waals surface area contributed by atoms with Gasteiger partial charge in [0.1, 0.15) is 5.69 Å². The lowest BCUT2D eigenvalue weighted by Gasteiger charge is -2.36. The van der Waals surface area contributed by atoms with Crippen LogP contribution in [0.15, 0.2) is 53.3 Å². The second kappa shape index (κ2) is 8.33. The van der Waals surface area contributed by atoms with E-state index in [1.54, 1.807) is 6.92 Å². The highest BCUT2D eigenvalue weighted by Crippen LogP contribution is 2.19. The molecule has 146 valence electrons. The molecule has 1 aliphatic rings. The predicted molar refractivity (Wildman–Crippen MR) is 115 cm³/mol. The zero-order valence-corrected chi connectivity index (χ0v) is 16.9. The molecule has 0 amide bonds. The van der Waals surface area contributed by atoms with E-state index in [-0.39, 0.29) is 5.56 Å². The van der Waals surface area contributed by atoms with Crippen molar-refractivity contribution in [3.05, 3.63) is 69.6 Å². The molecule has 0 saturated carbocycles. The molecule has 2 aromatic carbocycles. The maximum Gasteiger partial charge on any atom is 0.272 e. The largest absolute Gasteiger partial charge is 0.369 e. The number of nitrogens with zero attached hydrogens (tertiary/aromatic N) is 4. The SMILES string of the molecule is Cc1nc2ccccc2n(CCCN2CCN(c3ccc(Cl)cc3)CC2)c1=O. The van der Waals surface area contributed by atoms with Crippen molar-refractivity contribution < 1.29 is 0 Å². The van der Waals surface area contributed by atoms with Crippen LogP contribution in [0.25, 0.3) is 11.0 Å². The number of aromatic nitrogens is 2. The van der Waals surface area contributed by atoms with Crippen LogP contribution in [0.3, 0.4) is 0 Å². The van der Waals surface area contributed by atoms with Gasteiger partial charge in [0.15, 0.2) is 0 Å². The van der Waals surface area contributed by atoms with Gasteiger partial charge in [-0.05, 0) is 56.3 Å². The molecular weight excluding hydrogens is 372 g/mol. The van der Waals surface area contributed by atoms with Crippen molar-refractivity contribution in [2.75, 3.05) is 37.6 Å². The Bertz CT molecular complexity index is 1010. The number of para-hydroxylation sites is 2. The zero-order chi connectivity index (χ0) is 19.5. The molecule has 3 aromatic rings. The molecule has 28 heavy (non-hydrogen) atoms. The van der Waals surface area contributed by atoms with E-state index < -0.39 is 0 Å². The minimum absolute atomic E-state index is 0.0197. The van der Waals surface area contributed by atoms with Gasteiger partial charge < -0.3 is 9.47 Å². The maximum atomic E-state index is 12.6. The van der Waals surface area contributed by atoms with Gasteiger partial charge in [0.2, 0.25) is 0 Å². The number of halogens is 1. The summed E-state index contributed by atoms with van der Waals surface area (Å²) in [6, 6.07) is 15.9. The third-order valence-electron chi connectivity index (χ3n) is 5.44. The van der Waals surface area contributed by atoms with Crippen LogP contribution in [0.1, 0.15) is 12.1 Å². The fourth-order valence-corrected chi connectivity index (χ4v) is 4.00. The second-order valence-electron chi connectivity index (χ2n) is 7.30. The molecule has 0 N–H and O–H groups in total. The Kier molecular flexibility index (Phi) is 5.64. The Hall–Kier alpha value is -2.37. The molecule has 5 nitrogen and oxygen atoms in total. The Labute approximate surface area is 170 Å². The van der Waals surface area contributed by atoms with Crippen LogP contribution in [-0.4, -0.2) is 47.2 Å². The van der Waals surface area contributed by atoms with Crippen LogP contribution >= 0.6 is 11.6 Å². The van der Waals surface area contributed by atoms with Crippen LogP contribution in [0.4, 0.5) is 5.69 Å². The van der Waals surface area contributed by atoms with E-state index >= 15 is 0 Å². The highest BCUT2D eigenvalue weighted by atomic mass is 35.5. The molecular formula is C22H25ClN4O. The van der Waals surface area contributed by atoms with E-state index in [2.05, 4.69) is 26.9 Å². The van der Waals surface area contributed by atoms with Crippen LogP contribution in [0, 0.1) is 6.92 Å². The quantitative estimate of drug-likeness (QED) is 0.661. The standard InChI is InChI=1S/C22H25ClN4O/c1-17-22(28)27(21-6-3-2-5-20(21)24-17)12-4-11-25-13-15-26(16-14-25)19-9-7-18(23)8-10-19/h2-3,5-10H,4,11-16H2,1H3. The Morgan fingerprint density at radius 2 is 1.68 bits per heavy atom. The minimum Gasteiger partial charge on any atom is -0.369 e. The van der Waals surface area contributed by atoms with Gasteiger partial charge >= 0.3 is 0 Å². The molecule has 0 aliphatic carbocycles. The van der Waals surface area contributed by atoms with Crippen LogP contribution in [0.5, 0.6) is 0 Å². The number of hydrogen-bond donors (Lipinski definition) is 0. The van der Waals surface area contributed by atoms with Gasteiger partial charge in [-0.25, -0.2) is 4.98 Å². The molecule has 6 heteroatoms. The molecule has 0 bridgehead atoms. The number of hydrogen-bond acceptors (Lipinski definition) is 4. The van der Waals surface area contributed by atoms with Gasteiger partial charge in [0.05, 0.1) is 11.0 Å². The van der Waals surface area contributed by atoms with Crippen molar-refractivity contribution >= 4 is 28.3 Å². The number of aryl methyl sites for hydroxylation is 2. The summed E-state index contributed by atoms with van der Waals surface area (Å²) >= 11 is 5.98. The molecule has 0 spiro atoms. The van der Waals surface area contributed by atoms with E-state index in [4.69, 9.17) is 11.6 Å². The van der Waals surface area contributed by atoms with Crippen molar-refractivity contribution in [3.8, 4) is 0 Å². The van der Waals surface area contributed by atoms with E-state index in [0.717, 1.165) is 61.7 Å². The summed E-state index contributed by atoms with van der Waals surface area (Å²) in [4.78, 5) is 21.9. The van der Waals surface area contributed by atoms with Gasteiger partial charge in [0.25, 0.3) is 5.56 Å². The van der Waals surface area contributed by atoms with Crippen molar-refractivity contribution in [1.29, 1.82) is 0 Å². The molecule has 1 aliphatic heterocycles. The summed E-state index contributed by atoms with van der Waals surface area (Å²) < 4.78 is 1.88. The van der Waals surface area contributed by atoms with Gasteiger partial charge in [-0.3, -0.25) is 9.69 Å². The minimum atomic E-state index is 0.0197. The number of fused-ring (bicyclic) bond motifs is 1. The molecule has 0 unspecified atom stereocenters. The van der Waals surface area contributed by atoms with Gasteiger partial charge in [-0.15, -0.1) is 0 Å². The lowest BCUT2D eigenvalue weighted by molar-refractivity contribution is 0.250. The smallest absolute Gasteiger partial charge is 0.272 e. The summed E-state index contributed by atoms with van der Waals surface area (Å²) in [6.45, 7) is 7.61. The maximum absolute atomic E-state index is 12.6. The fourth-order valence-electron chi connectivity index (χ4n) is 3.88. The summed E-state index contributed by atoms with van der Waals surface area (Å²) in [5.74, 6) is 0. The lowest BCUT2D eigenvalue weighted by atomic mass is 10.2. The van der Waals surface area contributed by atoms with Crippen molar-refractivity contribution in [2.45, 2.75) is 19.9 Å². The average Bonchev–Trinajstić information content (AvgIpc) is 2.72. The van der Waals surface area contributed by atoms with Crippen LogP contribution in [-0.2, 0) is 6.54 Å². The Morgan fingerprint density at radius 1 is 0.964 bits per heavy atom. The highest BCUT2D eigenvalue weighted by Gasteiger charge is 2.17. The van der Waals surface area contributed by atoms with Crippen LogP contribution in [0.2, 0.25) is 5.02 Å². The van der Waals surface area contributed by atoms with E-state index in [1.165, 1.54) is 5.69 Å². The number of rotatable bonds is 5. The summed E-state index contributed by atoms with van der Waals surface area (Å²) in [7, 11) is 0. The summed E-state index contributed by atoms with van der Waals surface area (Å²) in [5.41, 5.74) is 3.62. The van der Waals surface area contributed by atoms with Gasteiger partial charge in [-0.2, -0.15) is 0 Å². The fraction of sp³-hybridized carbons (Fsp3) is 0.364. The van der Waals surface area contributed by atoms with E-state index in [9.17, 15) is 4.79 Å². The molecule has 1 fully saturated rings. The van der Waals surface area contributed by atoms with Gasteiger partial charge in [0, 0.05) is 43.4 Å². The van der Waals surface area contributed by atoms with Crippen molar-refractivity contribution in [3.63, 3.8) is 0 Å². The van der Waals surface area contributed by atoms with Crippen LogP contribution < -0.4 is 10.5 Å². The first-order chi connectivity index (χ1) is 13.6. The summed E-state index contributed by atoms with van der Waals surface area (Å²) in [5, 5.41) is 0.775. The monoisotopic (exact) mass is 396 g/mol. The average molecular weight is 397 g/mol. The first kappa shape index (κ1) is 19.0. The predicted octanol–water partition coefficient (Wildman–Crippen LogP) is 3.57. The number of benzene rings is 2. The topological polar surface area (TPSA) is 41.4 Å². The molecule has 1 saturated heterocycles. The Morgan fingerprint density at radius 3 is 2.43 bits per heavy atom. The molecule has 0 radical (unpaired) electrons. The summed E-state index contributed by atoms with van der Waals surface area (Å²) in [6.07, 6.45) is 0.953. The lowest BCUT2D eigenvalue weighted by Crippen LogP contribution is -2.46. The number of piperazine rings is 1. The van der Waals surface area contributed by atoms with Gasteiger partial charge in [-0.1, -0.05) is 23.7 Å². The molecule has 0 atom stereocenters. The zero-order valence-electron chi connectivity index (χ0n) is 16.1. The number of anilines is 1. The molecule has 2 heterocycles. The highest BCUT2D eigenvalue weighted by molar-refractivity contribution is 6.30.